The molecule has 140 valence electrons. The lowest BCUT2D eigenvalue weighted by molar-refractivity contribution is -0.133. The number of halogens is 1. The average molecular weight is 395 g/mol. The van der Waals surface area contributed by atoms with Crippen LogP contribution in [0.1, 0.15) is 0 Å². The molecule has 4 rings (SSSR count). The molecule has 2 aromatic carbocycles. The molecule has 0 spiro atoms. The summed E-state index contributed by atoms with van der Waals surface area (Å²) in [5, 5.41) is 9.28. The minimum atomic E-state index is -1.03. The molecule has 2 N–H and O–H groups in total. The molecule has 0 fully saturated rings. The van der Waals surface area contributed by atoms with Crippen LogP contribution < -0.4 is 5.56 Å². The monoisotopic (exact) mass is 395 g/mol. The molecule has 0 bridgehead atoms. The predicted molar refractivity (Wildman–Crippen MR) is 105 cm³/mol. The van der Waals surface area contributed by atoms with Gasteiger partial charge in [0.25, 0.3) is 5.56 Å². The first-order valence-electron chi connectivity index (χ1n) is 8.34. The molecule has 2 heterocycles. The molecule has 0 aliphatic heterocycles. The minimum Gasteiger partial charge on any atom is -0.481 e. The predicted octanol–water partition coefficient (Wildman–Crippen LogP) is 3.70. The van der Waals surface area contributed by atoms with Crippen LogP contribution in [0.5, 0.6) is 0 Å². The van der Waals surface area contributed by atoms with E-state index in [0.29, 0.717) is 16.7 Å². The number of H-pyrrole nitrogens is 1. The molecule has 4 aromatic rings. The molecule has 0 aliphatic rings. The second-order valence-corrected chi connectivity index (χ2v) is 6.93. The van der Waals surface area contributed by atoms with E-state index in [1.165, 1.54) is 28.8 Å². The van der Waals surface area contributed by atoms with Gasteiger partial charge in [0.1, 0.15) is 16.9 Å². The van der Waals surface area contributed by atoms with Crippen molar-refractivity contribution >= 4 is 28.8 Å². The van der Waals surface area contributed by atoms with Gasteiger partial charge in [-0.25, -0.2) is 9.37 Å². The molecule has 28 heavy (non-hydrogen) atoms. The average Bonchev–Trinajstić information content (AvgIpc) is 3.12. The number of nitrogens with one attached hydrogen (secondary N) is 1. The first-order chi connectivity index (χ1) is 13.5. The first-order valence-corrected chi connectivity index (χ1v) is 9.33. The second kappa shape index (κ2) is 7.32. The summed E-state index contributed by atoms with van der Waals surface area (Å²) in [4.78, 5) is 31.8. The van der Waals surface area contributed by atoms with Crippen LogP contribution in [0.4, 0.5) is 4.39 Å². The standard InChI is InChI=1S/C20H14FN3O3S/c21-13-6-8-14(9-7-13)24-19(27)18-17(23-20(24)28-11-16(25)26)15(10-22-18)12-4-2-1-3-5-12/h1-10,22H,11H2,(H,25,26). The van der Waals surface area contributed by atoms with E-state index in [9.17, 15) is 14.0 Å². The number of thioether (sulfide) groups is 1. The largest absolute Gasteiger partial charge is 0.481 e. The zero-order chi connectivity index (χ0) is 19.7. The minimum absolute atomic E-state index is 0.225. The Labute approximate surface area is 162 Å². The number of carboxylic acid groups (broad SMARTS) is 1. The van der Waals surface area contributed by atoms with E-state index >= 15 is 0 Å². The molecule has 0 amide bonds. The summed E-state index contributed by atoms with van der Waals surface area (Å²) < 4.78 is 14.6. The number of carbonyl (C=O) groups is 1. The molecule has 2 aromatic heterocycles. The van der Waals surface area contributed by atoms with E-state index in [-0.39, 0.29) is 16.5 Å². The van der Waals surface area contributed by atoms with Gasteiger partial charge in [-0.2, -0.15) is 0 Å². The van der Waals surface area contributed by atoms with Gasteiger partial charge in [0.2, 0.25) is 0 Å². The summed E-state index contributed by atoms with van der Waals surface area (Å²) in [7, 11) is 0. The number of aliphatic carboxylic acids is 1. The van der Waals surface area contributed by atoms with Gasteiger partial charge < -0.3 is 10.1 Å². The van der Waals surface area contributed by atoms with Crippen LogP contribution in [-0.2, 0) is 4.79 Å². The number of aromatic nitrogens is 3. The smallest absolute Gasteiger partial charge is 0.313 e. The Hall–Kier alpha value is -3.39. The van der Waals surface area contributed by atoms with Gasteiger partial charge in [0.15, 0.2) is 5.16 Å². The van der Waals surface area contributed by atoms with Gasteiger partial charge in [0.05, 0.1) is 11.4 Å². The van der Waals surface area contributed by atoms with Crippen LogP contribution in [-0.4, -0.2) is 31.4 Å². The molecule has 8 heteroatoms. The molecular weight excluding hydrogens is 381 g/mol. The third kappa shape index (κ3) is 3.29. The van der Waals surface area contributed by atoms with E-state index in [2.05, 4.69) is 9.97 Å². The summed E-state index contributed by atoms with van der Waals surface area (Å²) in [6, 6.07) is 14.8. The molecular formula is C20H14FN3O3S. The van der Waals surface area contributed by atoms with Gasteiger partial charge in [0, 0.05) is 11.8 Å². The third-order valence-electron chi connectivity index (χ3n) is 4.16. The van der Waals surface area contributed by atoms with Crippen LogP contribution in [0.2, 0.25) is 0 Å². The molecule has 0 saturated heterocycles. The number of hydrogen-bond acceptors (Lipinski definition) is 4. The third-order valence-corrected chi connectivity index (χ3v) is 5.09. The number of nitrogens with zero attached hydrogens (tertiary/aromatic N) is 2. The lowest BCUT2D eigenvalue weighted by atomic mass is 10.1. The van der Waals surface area contributed by atoms with Crippen molar-refractivity contribution in [1.29, 1.82) is 0 Å². The highest BCUT2D eigenvalue weighted by Crippen LogP contribution is 2.28. The second-order valence-electron chi connectivity index (χ2n) is 5.99. The molecule has 6 nitrogen and oxygen atoms in total. The molecule has 0 aliphatic carbocycles. The normalized spacial score (nSPS) is 11.0. The van der Waals surface area contributed by atoms with Gasteiger partial charge in [-0.3, -0.25) is 14.2 Å². The Balaban J connectivity index is 1.96. The van der Waals surface area contributed by atoms with E-state index < -0.39 is 11.8 Å². The Morgan fingerprint density at radius 1 is 1.14 bits per heavy atom. The van der Waals surface area contributed by atoms with E-state index in [1.54, 1.807) is 6.20 Å². The summed E-state index contributed by atoms with van der Waals surface area (Å²) in [6.45, 7) is 0. The Morgan fingerprint density at radius 2 is 1.86 bits per heavy atom. The van der Waals surface area contributed by atoms with Crippen molar-refractivity contribution in [3.05, 3.63) is 77.0 Å². The fourth-order valence-corrected chi connectivity index (χ4v) is 3.64. The van der Waals surface area contributed by atoms with Gasteiger partial charge in [-0.1, -0.05) is 42.1 Å². The molecule has 0 radical (unpaired) electrons. The fourth-order valence-electron chi connectivity index (χ4n) is 2.92. The van der Waals surface area contributed by atoms with Gasteiger partial charge >= 0.3 is 5.97 Å². The van der Waals surface area contributed by atoms with Crippen LogP contribution >= 0.6 is 11.8 Å². The van der Waals surface area contributed by atoms with Crippen LogP contribution in [0.3, 0.4) is 0 Å². The van der Waals surface area contributed by atoms with Crippen LogP contribution in [0, 0.1) is 5.82 Å². The van der Waals surface area contributed by atoms with Crippen molar-refractivity contribution in [1.82, 2.24) is 14.5 Å². The number of aromatic amines is 1. The SMILES string of the molecule is O=C(O)CSc1nc2c(-c3ccccc3)c[nH]c2c(=O)n1-c1ccc(F)cc1. The maximum Gasteiger partial charge on any atom is 0.313 e. The summed E-state index contributed by atoms with van der Waals surface area (Å²) in [6.07, 6.45) is 1.70. The number of rotatable bonds is 5. The topological polar surface area (TPSA) is 88.0 Å². The van der Waals surface area contributed by atoms with Gasteiger partial charge in [-0.15, -0.1) is 0 Å². The van der Waals surface area contributed by atoms with Crippen molar-refractivity contribution in [3.8, 4) is 16.8 Å². The van der Waals surface area contributed by atoms with Crippen LogP contribution in [0.15, 0.2) is 70.7 Å². The Kier molecular flexibility index (Phi) is 4.70. The zero-order valence-electron chi connectivity index (χ0n) is 14.4. The van der Waals surface area contributed by atoms with Crippen molar-refractivity contribution in [3.63, 3.8) is 0 Å². The maximum atomic E-state index is 13.3. The zero-order valence-corrected chi connectivity index (χ0v) is 15.2. The number of fused-ring (bicyclic) bond motifs is 1. The Bertz CT molecular complexity index is 1220. The molecule has 0 saturated carbocycles. The Morgan fingerprint density at radius 3 is 2.54 bits per heavy atom. The lowest BCUT2D eigenvalue weighted by Crippen LogP contribution is -2.22. The summed E-state index contributed by atoms with van der Waals surface area (Å²) in [5.41, 5.74) is 2.41. The number of benzene rings is 2. The number of carboxylic acids is 1. The van der Waals surface area contributed by atoms with Crippen molar-refractivity contribution in [2.24, 2.45) is 0 Å². The lowest BCUT2D eigenvalue weighted by Gasteiger charge is -2.12. The highest BCUT2D eigenvalue weighted by Gasteiger charge is 2.18. The van der Waals surface area contributed by atoms with E-state index in [1.807, 2.05) is 30.3 Å². The highest BCUT2D eigenvalue weighted by atomic mass is 32.2. The molecule has 0 unspecified atom stereocenters. The van der Waals surface area contributed by atoms with E-state index in [4.69, 9.17) is 5.11 Å². The summed E-state index contributed by atoms with van der Waals surface area (Å²) in [5.74, 6) is -1.72. The first kappa shape index (κ1) is 18.0. The van der Waals surface area contributed by atoms with E-state index in [0.717, 1.165) is 22.9 Å². The van der Waals surface area contributed by atoms with Crippen LogP contribution in [0.25, 0.3) is 27.8 Å². The van der Waals surface area contributed by atoms with Gasteiger partial charge in [-0.05, 0) is 29.8 Å². The van der Waals surface area contributed by atoms with Crippen molar-refractivity contribution < 1.29 is 14.3 Å². The highest BCUT2D eigenvalue weighted by molar-refractivity contribution is 7.99. The quantitative estimate of drug-likeness (QED) is 0.397. The molecule has 0 atom stereocenters. The summed E-state index contributed by atoms with van der Waals surface area (Å²) >= 11 is 0.935. The van der Waals surface area contributed by atoms with Crippen molar-refractivity contribution in [2.75, 3.05) is 5.75 Å². The maximum absolute atomic E-state index is 13.3. The van der Waals surface area contributed by atoms with Crippen molar-refractivity contribution in [2.45, 2.75) is 5.16 Å². The fraction of sp³-hybridized carbons (Fsp3) is 0.0500. The number of hydrogen-bond donors (Lipinski definition) is 2.